The van der Waals surface area contributed by atoms with Gasteiger partial charge in [0.1, 0.15) is 23.3 Å². The molecule has 3 heterocycles. The zero-order chi connectivity index (χ0) is 57.2. The van der Waals surface area contributed by atoms with Crippen LogP contribution in [0.15, 0.2) is 140 Å². The van der Waals surface area contributed by atoms with Crippen LogP contribution < -0.4 is 28.4 Å². The highest BCUT2D eigenvalue weighted by Crippen LogP contribution is 2.37. The minimum Gasteiger partial charge on any atom is -0.497 e. The van der Waals surface area contributed by atoms with Crippen LogP contribution in [0.3, 0.4) is 0 Å². The third-order valence-corrected chi connectivity index (χ3v) is 15.2. The lowest BCUT2D eigenvalue weighted by molar-refractivity contribution is 0.340. The summed E-state index contributed by atoms with van der Waals surface area (Å²) in [4.78, 5) is 0. The van der Waals surface area contributed by atoms with Gasteiger partial charge >= 0.3 is 0 Å². The van der Waals surface area contributed by atoms with Gasteiger partial charge in [0.25, 0.3) is 0 Å². The lowest BCUT2D eigenvalue weighted by atomic mass is 10.1. The Kier molecular flexibility index (Phi) is 18.8. The molecule has 0 amide bonds. The van der Waals surface area contributed by atoms with Crippen LogP contribution in [0, 0.1) is 17.2 Å². The second-order valence-electron chi connectivity index (χ2n) is 19.1. The van der Waals surface area contributed by atoms with Gasteiger partial charge in [-0.3, -0.25) is 14.2 Å². The Morgan fingerprint density at radius 3 is 1.32 bits per heavy atom. The van der Waals surface area contributed by atoms with Crippen LogP contribution in [0.4, 0.5) is 17.1 Å². The molecule has 0 aliphatic heterocycles. The molecule has 0 saturated carbocycles. The number of hydrogen-bond acceptors (Lipinski definition) is 10. The third-order valence-electron chi connectivity index (χ3n) is 12.7. The van der Waals surface area contributed by atoms with Crippen LogP contribution in [-0.2, 0) is 49.7 Å². The van der Waals surface area contributed by atoms with E-state index >= 15 is 0 Å². The van der Waals surface area contributed by atoms with Crippen molar-refractivity contribution < 1.29 is 39.5 Å². The van der Waals surface area contributed by atoms with Gasteiger partial charge in [0.05, 0.1) is 66.4 Å². The fourth-order valence-corrected chi connectivity index (χ4v) is 11.1. The second kappa shape index (κ2) is 25.3. The molecule has 6 aromatic carbocycles. The molecule has 0 spiro atoms. The summed E-state index contributed by atoms with van der Waals surface area (Å²) in [5.74, 6) is 2.89. The number of hydrogen-bond donors (Lipinski definition) is 3. The van der Waals surface area contributed by atoms with E-state index in [4.69, 9.17) is 14.2 Å². The average molecular weight is 1130 g/mol. The van der Waals surface area contributed by atoms with Crippen LogP contribution in [0.1, 0.15) is 54.0 Å². The van der Waals surface area contributed by atoms with E-state index in [-0.39, 0.29) is 5.75 Å². The zero-order valence-electron chi connectivity index (χ0n) is 46.3. The van der Waals surface area contributed by atoms with Gasteiger partial charge in [-0.1, -0.05) is 50.2 Å². The van der Waals surface area contributed by atoms with Gasteiger partial charge in [0.2, 0.25) is 30.1 Å². The SMILES string of the molecule is CCOc1ccc2cc(-c3ccc(NS(=O)(=O)CC)cc3)n(CC)c2c1.CCOc1ccc2cc(-c3ccc(NS(C)(=O)=O)cc3)n(CC)c2c1.COc1ccc2c(C#N)c(-c3ccc(NS(C)(=O)=O)cc3)n(CC(C)C)c2c1. The first-order valence-corrected chi connectivity index (χ1v) is 31.4. The standard InChI is InChI=1S/C21H23N3O3S.C20H24N2O3S.C19H22N2O3S/c1-14(2)13-24-20-11-17(27-3)9-10-18(20)19(12-22)21(24)15-5-7-16(8-6-15)23-28(4,25)26;1-4-22-19(13-16-9-12-18(25-5-2)14-20(16)22)15-7-10-17(11-8-15)21-26(23,24)6-3;1-4-21-18(12-15-8-11-17(24-5-2)13-19(15)21)14-6-9-16(10-7-14)20-25(3,22)23/h5-11,14,23H,13H2,1-4H3;7-14,21H,4-6H2,1-3H3;6-13,20H,4-5H2,1-3H3. The van der Waals surface area contributed by atoms with Crippen molar-refractivity contribution in [1.82, 2.24) is 13.7 Å². The van der Waals surface area contributed by atoms with Gasteiger partial charge in [-0.15, -0.1) is 0 Å². The number of fused-ring (bicyclic) bond motifs is 3. The molecule has 0 bridgehead atoms. The number of anilines is 3. The molecule has 79 heavy (non-hydrogen) atoms. The van der Waals surface area contributed by atoms with Gasteiger partial charge in [-0.25, -0.2) is 25.3 Å². The fraction of sp³-hybridized carbons (Fsp3) is 0.283. The summed E-state index contributed by atoms with van der Waals surface area (Å²) in [6.45, 7) is 17.7. The van der Waals surface area contributed by atoms with Gasteiger partial charge < -0.3 is 27.9 Å². The highest BCUT2D eigenvalue weighted by atomic mass is 32.2. The lowest BCUT2D eigenvalue weighted by Crippen LogP contribution is -2.14. The molecule has 0 fully saturated rings. The first kappa shape index (κ1) is 58.8. The Labute approximate surface area is 464 Å². The predicted molar refractivity (Wildman–Crippen MR) is 322 cm³/mol. The molecule has 9 aromatic rings. The van der Waals surface area contributed by atoms with Crippen molar-refractivity contribution in [2.75, 3.05) is 52.8 Å². The fourth-order valence-electron chi connectivity index (χ4n) is 9.36. The van der Waals surface area contributed by atoms with Crippen LogP contribution >= 0.6 is 0 Å². The van der Waals surface area contributed by atoms with E-state index in [9.17, 15) is 30.5 Å². The van der Waals surface area contributed by atoms with Crippen molar-refractivity contribution in [3.8, 4) is 57.1 Å². The molecule has 16 nitrogen and oxygen atoms in total. The molecule has 0 radical (unpaired) electrons. The lowest BCUT2D eigenvalue weighted by Gasteiger charge is -2.14. The van der Waals surface area contributed by atoms with E-state index in [2.05, 4.69) is 98.0 Å². The first-order valence-electron chi connectivity index (χ1n) is 26.0. The van der Waals surface area contributed by atoms with E-state index in [0.29, 0.717) is 41.8 Å². The minimum absolute atomic E-state index is 0.0565. The number of benzene rings is 6. The summed E-state index contributed by atoms with van der Waals surface area (Å²) in [6.07, 6.45) is 2.26. The van der Waals surface area contributed by atoms with Gasteiger partial charge in [-0.05, 0) is 142 Å². The number of rotatable bonds is 19. The minimum atomic E-state index is -3.34. The van der Waals surface area contributed by atoms with E-state index in [1.54, 1.807) is 50.4 Å². The summed E-state index contributed by atoms with van der Waals surface area (Å²) in [7, 11) is -8.25. The maximum atomic E-state index is 11.7. The smallest absolute Gasteiger partial charge is 0.232 e. The second-order valence-corrected chi connectivity index (χ2v) is 24.6. The Hall–Kier alpha value is -7.92. The summed E-state index contributed by atoms with van der Waals surface area (Å²) in [6, 6.07) is 46.5. The number of ether oxygens (including phenoxy) is 3. The van der Waals surface area contributed by atoms with E-state index in [1.807, 2.05) is 80.6 Å². The zero-order valence-corrected chi connectivity index (χ0v) is 48.7. The van der Waals surface area contributed by atoms with Crippen molar-refractivity contribution in [3.63, 3.8) is 0 Å². The summed E-state index contributed by atoms with van der Waals surface area (Å²) in [5.41, 5.74) is 11.4. The Morgan fingerprint density at radius 2 is 0.937 bits per heavy atom. The molecule has 0 unspecified atom stereocenters. The quantitative estimate of drug-likeness (QED) is 0.0698. The molecule has 3 N–H and O–H groups in total. The van der Waals surface area contributed by atoms with Crippen LogP contribution in [0.2, 0.25) is 0 Å². The number of nitriles is 1. The van der Waals surface area contributed by atoms with Gasteiger partial charge in [0.15, 0.2) is 0 Å². The number of aromatic nitrogens is 3. The predicted octanol–water partition coefficient (Wildman–Crippen LogP) is 12.8. The molecule has 3 aromatic heterocycles. The van der Waals surface area contributed by atoms with Gasteiger partial charge in [-0.2, -0.15) is 5.26 Å². The van der Waals surface area contributed by atoms with Crippen molar-refractivity contribution in [3.05, 3.63) is 145 Å². The first-order chi connectivity index (χ1) is 37.6. The number of sulfonamides is 3. The normalized spacial score (nSPS) is 11.6. The van der Waals surface area contributed by atoms with E-state index in [1.165, 1.54) is 0 Å². The molecule has 0 saturated heterocycles. The number of aryl methyl sites for hydroxylation is 2. The largest absolute Gasteiger partial charge is 0.497 e. The van der Waals surface area contributed by atoms with E-state index < -0.39 is 30.1 Å². The molecule has 0 aliphatic carbocycles. The van der Waals surface area contributed by atoms with Crippen LogP contribution in [-0.4, -0.2) is 77.5 Å². The molecule has 9 rings (SSSR count). The maximum absolute atomic E-state index is 11.7. The summed E-state index contributed by atoms with van der Waals surface area (Å²) < 4.78 is 99.7. The monoisotopic (exact) mass is 1130 g/mol. The maximum Gasteiger partial charge on any atom is 0.232 e. The van der Waals surface area contributed by atoms with Gasteiger partial charge in [0, 0.05) is 82.4 Å². The topological polar surface area (TPSA) is 205 Å². The number of nitrogens with one attached hydrogen (secondary N) is 3. The van der Waals surface area contributed by atoms with Crippen molar-refractivity contribution in [1.29, 1.82) is 5.26 Å². The Bertz CT molecular complexity index is 3970. The third kappa shape index (κ3) is 14.6. The average Bonchev–Trinajstić information content (AvgIpc) is 4.29. The molecule has 0 aliphatic rings. The van der Waals surface area contributed by atoms with Crippen molar-refractivity contribution in [2.45, 2.75) is 68.1 Å². The highest BCUT2D eigenvalue weighted by Gasteiger charge is 2.21. The Morgan fingerprint density at radius 1 is 0.519 bits per heavy atom. The van der Waals surface area contributed by atoms with Crippen molar-refractivity contribution in [2.24, 2.45) is 5.92 Å². The molecular weight excluding hydrogens is 1060 g/mol. The molecule has 0 atom stereocenters. The highest BCUT2D eigenvalue weighted by molar-refractivity contribution is 7.92. The summed E-state index contributed by atoms with van der Waals surface area (Å²) >= 11 is 0. The number of methoxy groups -OCH3 is 1. The van der Waals surface area contributed by atoms with Crippen LogP contribution in [0.5, 0.6) is 17.2 Å². The Balaban J connectivity index is 0.000000172. The molecule has 416 valence electrons. The van der Waals surface area contributed by atoms with Crippen LogP contribution in [0.25, 0.3) is 66.5 Å². The molecular formula is C60H69N7O9S3. The summed E-state index contributed by atoms with van der Waals surface area (Å²) in [5, 5.41) is 13.1. The molecule has 19 heteroatoms. The van der Waals surface area contributed by atoms with Crippen molar-refractivity contribution >= 4 is 79.8 Å². The number of nitrogens with zero attached hydrogens (tertiary/aromatic N) is 4. The van der Waals surface area contributed by atoms with E-state index in [0.717, 1.165) is 116 Å².